The van der Waals surface area contributed by atoms with Gasteiger partial charge < -0.3 is 5.11 Å². The maximum absolute atomic E-state index is 10.7. The second kappa shape index (κ2) is 7.02. The van der Waals surface area contributed by atoms with Gasteiger partial charge in [0.15, 0.2) is 0 Å². The molecule has 12 heavy (non-hydrogen) atoms. The van der Waals surface area contributed by atoms with Crippen molar-refractivity contribution in [2.45, 2.75) is 26.2 Å². The Bertz CT molecular complexity index is 188. The number of carboxylic acids is 1. The van der Waals surface area contributed by atoms with E-state index in [4.69, 9.17) is 5.11 Å². The Morgan fingerprint density at radius 3 is 2.08 bits per heavy atom. The first-order valence-electron chi connectivity index (χ1n) is 3.35. The van der Waals surface area contributed by atoms with Gasteiger partial charge in [0.05, 0.1) is 6.42 Å². The maximum atomic E-state index is 10.7. The number of hydrogen-bond acceptors (Lipinski definition) is 3. The van der Waals surface area contributed by atoms with Crippen molar-refractivity contribution in [1.29, 1.82) is 0 Å². The van der Waals surface area contributed by atoms with Crippen LogP contribution in [0, 0.1) is 0 Å². The summed E-state index contributed by atoms with van der Waals surface area (Å²) < 4.78 is 0. The standard InChI is InChI=1S/C7H10O4.Cr/c1-2-3-5(8)4-6(9)7(10)11;/h2-4H2,1H3,(H,10,11);. The van der Waals surface area contributed by atoms with Crippen LogP contribution in [0.4, 0.5) is 0 Å². The van der Waals surface area contributed by atoms with E-state index in [9.17, 15) is 14.4 Å². The van der Waals surface area contributed by atoms with E-state index in [-0.39, 0.29) is 29.6 Å². The molecule has 0 bridgehead atoms. The molecule has 0 aromatic carbocycles. The average molecular weight is 210 g/mol. The third kappa shape index (κ3) is 6.08. The van der Waals surface area contributed by atoms with Crippen molar-refractivity contribution in [3.8, 4) is 0 Å². The molecule has 0 amide bonds. The molecule has 0 aliphatic rings. The molecule has 0 aromatic heterocycles. The summed E-state index contributed by atoms with van der Waals surface area (Å²) in [6.07, 6.45) is 0.452. The molecule has 0 unspecified atom stereocenters. The van der Waals surface area contributed by atoms with Crippen molar-refractivity contribution in [3.05, 3.63) is 0 Å². The third-order valence-corrected chi connectivity index (χ3v) is 1.13. The van der Waals surface area contributed by atoms with E-state index in [1.165, 1.54) is 0 Å². The van der Waals surface area contributed by atoms with Gasteiger partial charge in [-0.25, -0.2) is 4.79 Å². The minimum atomic E-state index is -1.53. The van der Waals surface area contributed by atoms with E-state index in [2.05, 4.69) is 0 Å². The molecule has 4 nitrogen and oxygen atoms in total. The van der Waals surface area contributed by atoms with Crippen molar-refractivity contribution < 1.29 is 36.9 Å². The summed E-state index contributed by atoms with van der Waals surface area (Å²) in [4.78, 5) is 31.0. The fraction of sp³-hybridized carbons (Fsp3) is 0.571. The molecular formula is C7H10CrO4. The number of aliphatic carboxylic acids is 1. The normalized spacial score (nSPS) is 8.42. The zero-order valence-corrected chi connectivity index (χ0v) is 7.98. The molecule has 0 radical (unpaired) electrons. The van der Waals surface area contributed by atoms with Crippen LogP contribution < -0.4 is 0 Å². The summed E-state index contributed by atoms with van der Waals surface area (Å²) in [5.41, 5.74) is 0. The van der Waals surface area contributed by atoms with Crippen molar-refractivity contribution >= 4 is 17.5 Å². The number of carbonyl (C=O) groups excluding carboxylic acids is 2. The van der Waals surface area contributed by atoms with Crippen LogP contribution >= 0.6 is 0 Å². The fourth-order valence-corrected chi connectivity index (χ4v) is 0.622. The van der Waals surface area contributed by atoms with Crippen LogP contribution in [0.3, 0.4) is 0 Å². The van der Waals surface area contributed by atoms with Crippen LogP contribution in [-0.2, 0) is 31.7 Å². The Hall–Kier alpha value is -0.658. The van der Waals surface area contributed by atoms with Gasteiger partial charge in [-0.2, -0.15) is 0 Å². The van der Waals surface area contributed by atoms with Gasteiger partial charge in [0.1, 0.15) is 5.78 Å². The smallest absolute Gasteiger partial charge is 0.372 e. The second-order valence-electron chi connectivity index (χ2n) is 2.19. The number of ketones is 2. The molecule has 1 N–H and O–H groups in total. The summed E-state index contributed by atoms with van der Waals surface area (Å²) in [5, 5.41) is 8.10. The topological polar surface area (TPSA) is 71.4 Å². The Morgan fingerprint density at radius 2 is 1.75 bits per heavy atom. The minimum absolute atomic E-state index is 0. The van der Waals surface area contributed by atoms with Crippen molar-refractivity contribution in [2.75, 3.05) is 0 Å². The summed E-state index contributed by atoms with van der Waals surface area (Å²) >= 11 is 0. The van der Waals surface area contributed by atoms with Crippen LogP contribution in [-0.4, -0.2) is 22.6 Å². The fourth-order valence-electron chi connectivity index (χ4n) is 0.622. The van der Waals surface area contributed by atoms with E-state index in [0.717, 1.165) is 0 Å². The first-order valence-corrected chi connectivity index (χ1v) is 3.35. The van der Waals surface area contributed by atoms with Gasteiger partial charge in [-0.1, -0.05) is 6.92 Å². The quantitative estimate of drug-likeness (QED) is 0.526. The molecule has 68 valence electrons. The molecule has 0 aliphatic carbocycles. The second-order valence-corrected chi connectivity index (χ2v) is 2.19. The molecule has 0 spiro atoms. The van der Waals surface area contributed by atoms with Gasteiger partial charge in [0.2, 0.25) is 5.78 Å². The molecule has 0 heterocycles. The van der Waals surface area contributed by atoms with Gasteiger partial charge in [0.25, 0.3) is 0 Å². The Morgan fingerprint density at radius 1 is 1.25 bits per heavy atom. The van der Waals surface area contributed by atoms with Crippen molar-refractivity contribution in [2.24, 2.45) is 0 Å². The zero-order valence-electron chi connectivity index (χ0n) is 6.70. The van der Waals surface area contributed by atoms with E-state index < -0.39 is 18.2 Å². The predicted molar refractivity (Wildman–Crippen MR) is 37.2 cm³/mol. The first kappa shape index (κ1) is 13.9. The monoisotopic (exact) mass is 210 g/mol. The summed E-state index contributed by atoms with van der Waals surface area (Å²) in [5.74, 6) is -2.86. The van der Waals surface area contributed by atoms with Crippen molar-refractivity contribution in [1.82, 2.24) is 0 Å². The zero-order chi connectivity index (χ0) is 8.85. The molecule has 0 saturated heterocycles. The molecule has 0 aromatic rings. The summed E-state index contributed by atoms with van der Waals surface area (Å²) in [7, 11) is 0. The molecule has 0 saturated carbocycles. The van der Waals surface area contributed by atoms with Crippen LogP contribution in [0.5, 0.6) is 0 Å². The number of carbonyl (C=O) groups is 3. The maximum Gasteiger partial charge on any atom is 0.372 e. The summed E-state index contributed by atoms with van der Waals surface area (Å²) in [6.45, 7) is 1.79. The van der Waals surface area contributed by atoms with Gasteiger partial charge in [-0.05, 0) is 6.42 Å². The van der Waals surface area contributed by atoms with Crippen LogP contribution in [0.25, 0.3) is 0 Å². The van der Waals surface area contributed by atoms with E-state index in [1.54, 1.807) is 6.92 Å². The Balaban J connectivity index is 0. The SMILES string of the molecule is CCCC(=O)CC(=O)C(=O)O.[Cr]. The van der Waals surface area contributed by atoms with Crippen LogP contribution in [0.2, 0.25) is 0 Å². The first-order chi connectivity index (χ1) is 5.07. The number of hydrogen-bond donors (Lipinski definition) is 1. The van der Waals surface area contributed by atoms with Gasteiger partial charge in [-0.3, -0.25) is 9.59 Å². The largest absolute Gasteiger partial charge is 0.475 e. The predicted octanol–water partition coefficient (Wildman–Crippen LogP) is 0.397. The molecule has 0 fully saturated rings. The number of rotatable bonds is 5. The molecule has 0 atom stereocenters. The summed E-state index contributed by atoms with van der Waals surface area (Å²) in [6, 6.07) is 0. The number of carboxylic acid groups (broad SMARTS) is 1. The van der Waals surface area contributed by atoms with Crippen LogP contribution in [0.15, 0.2) is 0 Å². The van der Waals surface area contributed by atoms with E-state index >= 15 is 0 Å². The van der Waals surface area contributed by atoms with E-state index in [1.807, 2.05) is 0 Å². The molecule has 5 heteroatoms. The van der Waals surface area contributed by atoms with E-state index in [0.29, 0.717) is 6.42 Å². The molecular weight excluding hydrogens is 200 g/mol. The van der Waals surface area contributed by atoms with Crippen molar-refractivity contribution in [3.63, 3.8) is 0 Å². The van der Waals surface area contributed by atoms with Gasteiger partial charge in [0, 0.05) is 23.8 Å². The minimum Gasteiger partial charge on any atom is -0.475 e. The van der Waals surface area contributed by atoms with Gasteiger partial charge in [-0.15, -0.1) is 0 Å². The number of Topliss-reactive ketones (excluding diaryl/α,β-unsaturated/α-hetero) is 2. The average Bonchev–Trinajstić information content (AvgIpc) is 1.87. The Labute approximate surface area is 81.1 Å². The Kier molecular flexibility index (Phi) is 8.13. The van der Waals surface area contributed by atoms with Crippen LogP contribution in [0.1, 0.15) is 26.2 Å². The van der Waals surface area contributed by atoms with Gasteiger partial charge >= 0.3 is 5.97 Å². The molecule has 0 rings (SSSR count). The molecule has 0 aliphatic heterocycles. The third-order valence-electron chi connectivity index (χ3n) is 1.13.